The number of rotatable bonds is 2. The summed E-state index contributed by atoms with van der Waals surface area (Å²) in [4.78, 5) is 18.8. The lowest BCUT2D eigenvalue weighted by atomic mass is 10.5. The lowest BCUT2D eigenvalue weighted by molar-refractivity contribution is -0.390. The molecule has 8 nitrogen and oxygen atoms in total. The van der Waals surface area contributed by atoms with Gasteiger partial charge in [-0.1, -0.05) is 5.10 Å². The first kappa shape index (κ1) is 7.12. The molecule has 0 unspecified atom stereocenters. The number of nitro groups is 1. The van der Waals surface area contributed by atoms with Crippen LogP contribution in [-0.4, -0.2) is 20.2 Å². The maximum Gasteiger partial charge on any atom is 0.387 e. The molecule has 0 atom stereocenters. The molecule has 0 amide bonds. The van der Waals surface area contributed by atoms with Gasteiger partial charge in [-0.2, -0.15) is 0 Å². The van der Waals surface area contributed by atoms with Gasteiger partial charge >= 0.3 is 5.82 Å². The minimum Gasteiger partial charge on any atom is -0.498 e. The topological polar surface area (TPSA) is 121 Å². The van der Waals surface area contributed by atoms with Crippen molar-refractivity contribution in [3.8, 4) is 5.75 Å². The van der Waals surface area contributed by atoms with Crippen LogP contribution >= 0.6 is 0 Å². The van der Waals surface area contributed by atoms with Gasteiger partial charge < -0.3 is 15.2 Å². The number of aromatic nitrogens is 2. The van der Waals surface area contributed by atoms with Gasteiger partial charge in [-0.15, -0.1) is 10.0 Å². The lowest BCUT2D eigenvalue weighted by Gasteiger charge is -1.87. The number of aromatic hydroxyl groups is 1. The van der Waals surface area contributed by atoms with Crippen LogP contribution in [0.15, 0.2) is 5.18 Å². The number of H-pyrrole nitrogens is 1. The molecule has 0 bridgehead atoms. The fourth-order valence-corrected chi connectivity index (χ4v) is 0.509. The molecular weight excluding hydrogens is 156 g/mol. The summed E-state index contributed by atoms with van der Waals surface area (Å²) in [5.74, 6) is -2.19. The molecule has 11 heavy (non-hydrogen) atoms. The van der Waals surface area contributed by atoms with E-state index < -0.39 is 22.3 Å². The third-order valence-electron chi connectivity index (χ3n) is 0.973. The summed E-state index contributed by atoms with van der Waals surface area (Å²) in [5.41, 5.74) is 0. The average molecular weight is 158 g/mol. The van der Waals surface area contributed by atoms with E-state index in [9.17, 15) is 15.0 Å². The molecule has 0 aliphatic heterocycles. The van der Waals surface area contributed by atoms with Crippen LogP contribution in [0.5, 0.6) is 5.75 Å². The highest BCUT2D eigenvalue weighted by atomic mass is 16.6. The normalized spacial score (nSPS) is 9.45. The lowest BCUT2D eigenvalue weighted by Crippen LogP contribution is -1.87. The van der Waals surface area contributed by atoms with E-state index in [2.05, 4.69) is 10.3 Å². The van der Waals surface area contributed by atoms with E-state index in [1.807, 2.05) is 5.10 Å². The highest BCUT2D eigenvalue weighted by molar-refractivity contribution is 5.53. The molecule has 58 valence electrons. The highest BCUT2D eigenvalue weighted by Gasteiger charge is 2.21. The molecule has 0 aromatic carbocycles. The van der Waals surface area contributed by atoms with Crippen molar-refractivity contribution in [2.75, 3.05) is 0 Å². The van der Waals surface area contributed by atoms with Crippen molar-refractivity contribution in [1.29, 1.82) is 0 Å². The van der Waals surface area contributed by atoms with Gasteiger partial charge in [0, 0.05) is 0 Å². The molecule has 0 saturated heterocycles. The van der Waals surface area contributed by atoms with Crippen LogP contribution in [0.1, 0.15) is 0 Å². The smallest absolute Gasteiger partial charge is 0.387 e. The molecule has 0 saturated carbocycles. The van der Waals surface area contributed by atoms with E-state index in [1.165, 1.54) is 0 Å². The monoisotopic (exact) mass is 158 g/mol. The summed E-state index contributed by atoms with van der Waals surface area (Å²) in [7, 11) is 0. The Morgan fingerprint density at radius 2 is 2.36 bits per heavy atom. The second kappa shape index (κ2) is 2.33. The standard InChI is InChI=1S/C3H2N4O4/c8-1-2(6-9)4-5-3(1)7(10)11/h8H,(H,4,5). The van der Waals surface area contributed by atoms with Gasteiger partial charge in [0.05, 0.1) is 0 Å². The predicted molar refractivity (Wildman–Crippen MR) is 32.4 cm³/mol. The molecule has 0 fully saturated rings. The van der Waals surface area contributed by atoms with Crippen molar-refractivity contribution in [3.05, 3.63) is 15.0 Å². The van der Waals surface area contributed by atoms with Gasteiger partial charge in [-0.3, -0.25) is 0 Å². The van der Waals surface area contributed by atoms with E-state index >= 15 is 0 Å². The van der Waals surface area contributed by atoms with Crippen molar-refractivity contribution in [2.24, 2.45) is 5.18 Å². The van der Waals surface area contributed by atoms with Crippen LogP contribution < -0.4 is 0 Å². The fourth-order valence-electron chi connectivity index (χ4n) is 0.509. The molecule has 1 heterocycles. The second-order valence-corrected chi connectivity index (χ2v) is 1.59. The van der Waals surface area contributed by atoms with E-state index in [-0.39, 0.29) is 0 Å². The predicted octanol–water partition coefficient (Wildman–Crippen LogP) is 0.421. The van der Waals surface area contributed by atoms with E-state index in [0.717, 1.165) is 0 Å². The number of nitroso groups, excluding NO2 is 1. The van der Waals surface area contributed by atoms with Crippen molar-refractivity contribution in [1.82, 2.24) is 10.2 Å². The molecule has 1 aromatic heterocycles. The quantitative estimate of drug-likeness (QED) is 0.367. The van der Waals surface area contributed by atoms with Gasteiger partial charge in [0.1, 0.15) is 0 Å². The average Bonchev–Trinajstić information content (AvgIpc) is 2.30. The van der Waals surface area contributed by atoms with Crippen LogP contribution in [0.3, 0.4) is 0 Å². The Hall–Kier alpha value is -1.99. The van der Waals surface area contributed by atoms with Crippen molar-refractivity contribution in [3.63, 3.8) is 0 Å². The maximum absolute atomic E-state index is 9.98. The summed E-state index contributed by atoms with van der Waals surface area (Å²) in [6.07, 6.45) is 0. The molecule has 8 heteroatoms. The third kappa shape index (κ3) is 1.000. The number of nitrogens with one attached hydrogen (secondary N) is 1. The second-order valence-electron chi connectivity index (χ2n) is 1.59. The number of hydrogen-bond donors (Lipinski definition) is 2. The van der Waals surface area contributed by atoms with Crippen molar-refractivity contribution in [2.45, 2.75) is 0 Å². The Kier molecular flexibility index (Phi) is 1.51. The zero-order valence-electron chi connectivity index (χ0n) is 5.01. The first-order valence-corrected chi connectivity index (χ1v) is 2.42. The summed E-state index contributed by atoms with van der Waals surface area (Å²) in [6.45, 7) is 0. The van der Waals surface area contributed by atoms with Gasteiger partial charge in [0.2, 0.25) is 0 Å². The summed E-state index contributed by atoms with van der Waals surface area (Å²) >= 11 is 0. The fraction of sp³-hybridized carbons (Fsp3) is 0. The summed E-state index contributed by atoms with van der Waals surface area (Å²) < 4.78 is 0. The Bertz CT molecular complexity index is 304. The number of aromatic amines is 1. The largest absolute Gasteiger partial charge is 0.498 e. The zero-order chi connectivity index (χ0) is 8.43. The number of hydrogen-bond acceptors (Lipinski definition) is 6. The first-order chi connectivity index (χ1) is 5.16. The Morgan fingerprint density at radius 3 is 2.64 bits per heavy atom. The van der Waals surface area contributed by atoms with E-state index in [0.29, 0.717) is 0 Å². The molecule has 0 spiro atoms. The number of nitrogens with zero attached hydrogens (tertiary/aromatic N) is 3. The van der Waals surface area contributed by atoms with Gasteiger partial charge in [-0.05, 0) is 10.1 Å². The van der Waals surface area contributed by atoms with Crippen LogP contribution in [-0.2, 0) is 0 Å². The molecule has 1 rings (SSSR count). The summed E-state index contributed by atoms with van der Waals surface area (Å²) in [5, 5.41) is 25.9. The Labute approximate surface area is 59.0 Å². The molecule has 0 aliphatic carbocycles. The van der Waals surface area contributed by atoms with Gasteiger partial charge in [0.15, 0.2) is 0 Å². The maximum atomic E-state index is 9.98. The van der Waals surface area contributed by atoms with Crippen LogP contribution in [0.4, 0.5) is 11.6 Å². The van der Waals surface area contributed by atoms with Crippen molar-refractivity contribution >= 4 is 11.6 Å². The molecule has 0 aliphatic rings. The molecule has 1 aromatic rings. The molecule has 2 N–H and O–H groups in total. The van der Waals surface area contributed by atoms with Gasteiger partial charge in [0.25, 0.3) is 11.6 Å². The van der Waals surface area contributed by atoms with Crippen LogP contribution in [0.2, 0.25) is 0 Å². The highest BCUT2D eigenvalue weighted by Crippen LogP contribution is 2.31. The summed E-state index contributed by atoms with van der Waals surface area (Å²) in [6, 6.07) is 0. The SMILES string of the molecule is O=Nc1n[nH]c([N+](=O)[O-])c1O. The molecular formula is C3H2N4O4. The Balaban J connectivity index is 3.20. The van der Waals surface area contributed by atoms with Crippen LogP contribution in [0.25, 0.3) is 0 Å². The van der Waals surface area contributed by atoms with E-state index in [1.54, 1.807) is 0 Å². The van der Waals surface area contributed by atoms with Gasteiger partial charge in [-0.25, -0.2) is 0 Å². The van der Waals surface area contributed by atoms with Crippen LogP contribution in [0, 0.1) is 15.0 Å². The molecule has 0 radical (unpaired) electrons. The first-order valence-electron chi connectivity index (χ1n) is 2.42. The third-order valence-corrected chi connectivity index (χ3v) is 0.973. The van der Waals surface area contributed by atoms with E-state index in [4.69, 9.17) is 5.11 Å². The van der Waals surface area contributed by atoms with Crippen molar-refractivity contribution < 1.29 is 10.0 Å². The minimum absolute atomic E-state index is 0.614. The Morgan fingerprint density at radius 1 is 1.73 bits per heavy atom. The zero-order valence-corrected chi connectivity index (χ0v) is 5.01. The minimum atomic E-state index is -0.906.